The van der Waals surface area contributed by atoms with Gasteiger partial charge in [0.1, 0.15) is 22.3 Å². The number of hydrogen-bond donors (Lipinski definition) is 0. The van der Waals surface area contributed by atoms with Gasteiger partial charge in [-0.15, -0.1) is 0 Å². The highest BCUT2D eigenvalue weighted by Gasteiger charge is 2.19. The third-order valence-corrected chi connectivity index (χ3v) is 8.20. The Labute approximate surface area is 233 Å². The van der Waals surface area contributed by atoms with Gasteiger partial charge in [-0.3, -0.25) is 4.79 Å². The fraction of sp³-hybridized carbons (Fsp3) is 0. The highest BCUT2D eigenvalue weighted by molar-refractivity contribution is 6.23. The fourth-order valence-corrected chi connectivity index (χ4v) is 6.31. The first-order valence-corrected chi connectivity index (χ1v) is 13.6. The molecule has 0 spiro atoms. The van der Waals surface area contributed by atoms with Crippen LogP contribution in [0, 0.1) is 0 Å². The largest absolute Gasteiger partial charge is 0.456 e. The number of nitrogens with zero attached hydrogens (tertiary/aromatic N) is 1. The Kier molecular flexibility index (Phi) is 4.44. The van der Waals surface area contributed by atoms with E-state index in [9.17, 15) is 4.79 Å². The molecule has 0 atom stereocenters. The van der Waals surface area contributed by atoms with Crippen molar-refractivity contribution in [2.24, 2.45) is 0 Å². The molecule has 0 saturated carbocycles. The minimum atomic E-state index is -0.0308. The van der Waals surface area contributed by atoms with Crippen LogP contribution in [-0.4, -0.2) is 4.57 Å². The summed E-state index contributed by atoms with van der Waals surface area (Å²) < 4.78 is 15.0. The number of furan rings is 1. The van der Waals surface area contributed by atoms with Gasteiger partial charge in [0.15, 0.2) is 0 Å². The fourth-order valence-electron chi connectivity index (χ4n) is 6.31. The molecule has 9 rings (SSSR count). The van der Waals surface area contributed by atoms with Crippen molar-refractivity contribution < 1.29 is 8.83 Å². The lowest BCUT2D eigenvalue weighted by molar-refractivity contribution is 0.659. The predicted molar refractivity (Wildman–Crippen MR) is 167 cm³/mol. The van der Waals surface area contributed by atoms with Gasteiger partial charge >= 0.3 is 0 Å². The third kappa shape index (κ3) is 3.13. The molecule has 0 unspecified atom stereocenters. The molecule has 4 heteroatoms. The number of benzene rings is 6. The number of rotatable bonds is 2. The molecule has 192 valence electrons. The average molecular weight is 528 g/mol. The van der Waals surface area contributed by atoms with E-state index in [1.165, 1.54) is 0 Å². The molecule has 4 nitrogen and oxygen atoms in total. The van der Waals surface area contributed by atoms with E-state index < -0.39 is 0 Å². The highest BCUT2D eigenvalue weighted by Crippen LogP contribution is 2.40. The number of fused-ring (bicyclic) bond motifs is 9. The van der Waals surface area contributed by atoms with Gasteiger partial charge in [-0.1, -0.05) is 72.8 Å². The van der Waals surface area contributed by atoms with Crippen LogP contribution in [0.2, 0.25) is 0 Å². The molecule has 0 amide bonds. The van der Waals surface area contributed by atoms with Crippen molar-refractivity contribution in [3.8, 4) is 16.8 Å². The molecule has 3 heterocycles. The normalized spacial score (nSPS) is 12.0. The van der Waals surface area contributed by atoms with E-state index in [0.29, 0.717) is 21.9 Å². The molecule has 3 aromatic heterocycles. The van der Waals surface area contributed by atoms with Crippen molar-refractivity contribution in [2.75, 3.05) is 0 Å². The summed E-state index contributed by atoms with van der Waals surface area (Å²) in [5, 5.41) is 5.53. The van der Waals surface area contributed by atoms with E-state index in [2.05, 4.69) is 41.0 Å². The summed E-state index contributed by atoms with van der Waals surface area (Å²) in [6.07, 6.45) is 0. The summed E-state index contributed by atoms with van der Waals surface area (Å²) in [6.45, 7) is 0. The van der Waals surface area contributed by atoms with Gasteiger partial charge in [0.2, 0.25) is 5.43 Å². The molecule has 6 aromatic carbocycles. The van der Waals surface area contributed by atoms with Crippen molar-refractivity contribution in [1.29, 1.82) is 0 Å². The van der Waals surface area contributed by atoms with Crippen molar-refractivity contribution in [3.05, 3.63) is 138 Å². The maximum absolute atomic E-state index is 13.6. The van der Waals surface area contributed by atoms with Crippen LogP contribution in [0.15, 0.2) is 141 Å². The zero-order valence-electron chi connectivity index (χ0n) is 21.8. The van der Waals surface area contributed by atoms with Gasteiger partial charge in [0.25, 0.3) is 0 Å². The number of aromatic nitrogens is 1. The van der Waals surface area contributed by atoms with Gasteiger partial charge < -0.3 is 13.4 Å². The minimum Gasteiger partial charge on any atom is -0.456 e. The Bertz CT molecular complexity index is 2550. The van der Waals surface area contributed by atoms with Gasteiger partial charge in [-0.2, -0.15) is 0 Å². The number of para-hydroxylation sites is 2. The van der Waals surface area contributed by atoms with E-state index in [0.717, 1.165) is 60.6 Å². The molecule has 0 N–H and O–H groups in total. The van der Waals surface area contributed by atoms with Crippen LogP contribution in [0.4, 0.5) is 0 Å². The Morgan fingerprint density at radius 3 is 2.12 bits per heavy atom. The van der Waals surface area contributed by atoms with Gasteiger partial charge in [0, 0.05) is 27.9 Å². The monoisotopic (exact) mass is 527 g/mol. The van der Waals surface area contributed by atoms with Gasteiger partial charge in [0.05, 0.1) is 27.2 Å². The molecule has 0 radical (unpaired) electrons. The molecule has 0 aliphatic heterocycles. The van der Waals surface area contributed by atoms with Crippen molar-refractivity contribution in [3.63, 3.8) is 0 Å². The zero-order valence-corrected chi connectivity index (χ0v) is 21.8. The molecule has 9 aromatic rings. The molecule has 0 bridgehead atoms. The quantitative estimate of drug-likeness (QED) is 0.210. The lowest BCUT2D eigenvalue weighted by Gasteiger charge is -2.10. The molecular weight excluding hydrogens is 506 g/mol. The molecule has 0 saturated heterocycles. The van der Waals surface area contributed by atoms with Crippen LogP contribution in [-0.2, 0) is 0 Å². The van der Waals surface area contributed by atoms with Crippen LogP contribution in [0.1, 0.15) is 0 Å². The lowest BCUT2D eigenvalue weighted by Crippen LogP contribution is -2.03. The van der Waals surface area contributed by atoms with E-state index in [1.54, 1.807) is 0 Å². The average Bonchev–Trinajstić information content (AvgIpc) is 3.57. The van der Waals surface area contributed by atoms with Crippen LogP contribution in [0.25, 0.3) is 82.5 Å². The second kappa shape index (κ2) is 8.20. The molecular formula is C37H21NO3. The summed E-state index contributed by atoms with van der Waals surface area (Å²) in [4.78, 5) is 13.6. The van der Waals surface area contributed by atoms with Crippen LogP contribution in [0.5, 0.6) is 0 Å². The molecule has 0 aliphatic carbocycles. The number of hydrogen-bond acceptors (Lipinski definition) is 3. The Morgan fingerprint density at radius 1 is 0.463 bits per heavy atom. The van der Waals surface area contributed by atoms with E-state index in [-0.39, 0.29) is 5.43 Å². The summed E-state index contributed by atoms with van der Waals surface area (Å²) in [7, 11) is 0. The first kappa shape index (κ1) is 22.2. The topological polar surface area (TPSA) is 48.3 Å². The summed E-state index contributed by atoms with van der Waals surface area (Å²) in [6, 6.07) is 42.6. The van der Waals surface area contributed by atoms with Crippen LogP contribution in [0.3, 0.4) is 0 Å². The second-order valence-corrected chi connectivity index (χ2v) is 10.5. The maximum Gasteiger partial charge on any atom is 0.200 e. The summed E-state index contributed by atoms with van der Waals surface area (Å²) in [5.74, 6) is 0. The Morgan fingerprint density at radius 2 is 1.22 bits per heavy atom. The van der Waals surface area contributed by atoms with Crippen molar-refractivity contribution in [1.82, 2.24) is 4.57 Å². The van der Waals surface area contributed by atoms with Crippen LogP contribution >= 0.6 is 0 Å². The van der Waals surface area contributed by atoms with Crippen molar-refractivity contribution in [2.45, 2.75) is 0 Å². The van der Waals surface area contributed by atoms with Crippen molar-refractivity contribution >= 4 is 65.7 Å². The molecule has 0 fully saturated rings. The molecule has 41 heavy (non-hydrogen) atoms. The smallest absolute Gasteiger partial charge is 0.200 e. The van der Waals surface area contributed by atoms with Gasteiger partial charge in [-0.05, 0) is 59.7 Å². The minimum absolute atomic E-state index is 0.0308. The van der Waals surface area contributed by atoms with E-state index in [1.807, 2.05) is 91.0 Å². The van der Waals surface area contributed by atoms with Crippen LogP contribution < -0.4 is 5.43 Å². The highest BCUT2D eigenvalue weighted by atomic mass is 16.3. The lowest BCUT2D eigenvalue weighted by atomic mass is 10.0. The van der Waals surface area contributed by atoms with E-state index >= 15 is 0 Å². The summed E-state index contributed by atoms with van der Waals surface area (Å²) in [5.41, 5.74) is 7.93. The first-order chi connectivity index (χ1) is 20.2. The Hall–Kier alpha value is -5.61. The predicted octanol–water partition coefficient (Wildman–Crippen LogP) is 9.61. The van der Waals surface area contributed by atoms with E-state index in [4.69, 9.17) is 8.83 Å². The second-order valence-electron chi connectivity index (χ2n) is 10.5. The standard InChI is InChI=1S/C37H21NO3/c39-36-28-16-15-24(21-34(28)40-33-19-14-23(20-29(33)36)22-8-2-1-3-9-22)38-30-12-6-4-11-27(30)35-31(38)18-17-26-25-10-5-7-13-32(25)41-37(26)35/h1-21H. The third-order valence-electron chi connectivity index (χ3n) is 8.20. The SMILES string of the molecule is O=c1c2ccc(-n3c4ccccc4c4c5oc6ccccc6c5ccc43)cc2oc2ccc(-c3ccccc3)cc12. The van der Waals surface area contributed by atoms with Gasteiger partial charge in [-0.25, -0.2) is 0 Å². The maximum atomic E-state index is 13.6. The molecule has 0 aliphatic rings. The Balaban J connectivity index is 1.30. The zero-order chi connectivity index (χ0) is 27.1. The first-order valence-electron chi connectivity index (χ1n) is 13.6. The summed E-state index contributed by atoms with van der Waals surface area (Å²) >= 11 is 0.